The predicted molar refractivity (Wildman–Crippen MR) is 366 cm³/mol. The van der Waals surface area contributed by atoms with Crippen LogP contribution in [0.1, 0.15) is 172 Å². The van der Waals surface area contributed by atoms with Gasteiger partial charge in [-0.25, -0.2) is 24.9 Å². The van der Waals surface area contributed by atoms with Crippen molar-refractivity contribution in [3.8, 4) is 6.07 Å². The lowest BCUT2D eigenvalue weighted by Gasteiger charge is -2.64. The lowest BCUT2D eigenvalue weighted by Crippen LogP contribution is -2.65. The van der Waals surface area contributed by atoms with Crippen LogP contribution in [0.4, 0.5) is 18.4 Å². The minimum atomic E-state index is -0.690. The SMILES string of the molecule is CC1(C)CCN(C(C)(C)C=C(C#N)C(=O)N2CCC[C@H](OC(=O)N[C@@H](Cc3ccc(F)cc3)B3O[C@@H]4C[C@@H]5C[C@@H](C5(C)C)[C@]4(C)O3)C2)C1.CC1(C)CCN(C(C)(C)C=O)C1.[C-]#[N+]CC(=O)N1CCC[C@H](OC(=O)N[C@@H](Cc2ccc(F)cc2)B2O[C@@H]3C[C@@H]4C[C@@H](C4(C)C)[C@]3(C)O2)C1. The summed E-state index contributed by atoms with van der Waals surface area (Å²) >= 11 is 0. The number of likely N-dealkylation sites (tertiary alicyclic amines) is 4. The summed E-state index contributed by atoms with van der Waals surface area (Å²) in [6, 6.07) is 14.6. The summed E-state index contributed by atoms with van der Waals surface area (Å²) in [5.41, 5.74) is 1.15. The minimum Gasteiger partial charge on any atom is -0.444 e. The Bertz CT molecular complexity index is 3320. The molecular weight excluding hydrogens is 1240 g/mol. The Morgan fingerprint density at radius 3 is 1.48 bits per heavy atom. The van der Waals surface area contributed by atoms with Gasteiger partial charge in [-0.1, -0.05) is 79.7 Å². The fourth-order valence-electron chi connectivity index (χ4n) is 17.7. The first-order valence-corrected chi connectivity index (χ1v) is 35.6. The van der Waals surface area contributed by atoms with Gasteiger partial charge in [0.15, 0.2) is 0 Å². The van der Waals surface area contributed by atoms with Crippen molar-refractivity contribution in [1.82, 2.24) is 30.2 Å². The molecule has 2 aromatic carbocycles. The van der Waals surface area contributed by atoms with Crippen LogP contribution in [0.5, 0.6) is 0 Å². The van der Waals surface area contributed by atoms with Gasteiger partial charge in [0.25, 0.3) is 12.5 Å². The zero-order valence-corrected chi connectivity index (χ0v) is 60.0. The zero-order chi connectivity index (χ0) is 70.4. The number of carbonyl (C=O) groups is 5. The smallest absolute Gasteiger partial charge is 0.444 e. The quantitative estimate of drug-likeness (QED) is 0.0527. The predicted octanol–water partition coefficient (Wildman–Crippen LogP) is 11.0. The van der Waals surface area contributed by atoms with Gasteiger partial charge in [0.05, 0.1) is 53.9 Å². The zero-order valence-electron chi connectivity index (χ0n) is 60.0. The van der Waals surface area contributed by atoms with Crippen molar-refractivity contribution in [3.05, 3.63) is 94.4 Å². The van der Waals surface area contributed by atoms with Gasteiger partial charge in [0.2, 0.25) is 0 Å². The summed E-state index contributed by atoms with van der Waals surface area (Å²) in [6.07, 6.45) is 10.3. The maximum absolute atomic E-state index is 13.7. The van der Waals surface area contributed by atoms with Gasteiger partial charge >= 0.3 is 32.3 Å². The number of halogens is 2. The molecule has 19 nitrogen and oxygen atoms in total. The fraction of sp³-hybridized carbons (Fsp3) is 0.716. The molecule has 0 unspecified atom stereocenters. The van der Waals surface area contributed by atoms with Crippen LogP contribution in [0, 0.1) is 74.9 Å². The summed E-state index contributed by atoms with van der Waals surface area (Å²) in [6.45, 7) is 42.7. The Balaban J connectivity index is 0.000000184. The first-order valence-electron chi connectivity index (χ1n) is 35.6. The standard InChI is InChI=1S/C37H52BFN4O5.C27H35BFN3O5.C10H19NO/c1-34(2)14-16-43(23-34)35(3,4)20-25(21-40)32(44)42-15-8-9-28(22-42)46-33(45)41-31(17-24-10-12-27(39)13-11-24)38-47-30-19-26-18-29(36(26,5)6)37(30,7)48-38;1-26(2)18-13-21(26)27(3)22(14-18)36-28(37-27)23(12-17-7-9-19(29)10-8-17)31-25(34)35-20-6-5-11-32(16-20)24(33)15-30-4;1-9(2)5-6-11(7-9)10(3,4)8-12/h10-13,20,26,28-31H,8-9,14-19,22-23H2,1-7H3,(H,41,45);7-10,18,20-23H,5-6,11-16H2,1-3H3,(H,31,34);8H,5-7H2,1-4H3/t26-,28-,29-,30+,31-,37-;18-,20-,21-,22+,23-,27-;/m00./s1. The van der Waals surface area contributed by atoms with Crippen molar-refractivity contribution in [2.45, 2.75) is 233 Å². The molecule has 6 saturated carbocycles. The van der Waals surface area contributed by atoms with Gasteiger partial charge in [-0.15, -0.1) is 0 Å². The molecule has 12 atom stereocenters. The maximum Gasteiger partial charge on any atom is 0.482 e. The number of nitrogens with zero attached hydrogens (tertiary/aromatic N) is 6. The van der Waals surface area contributed by atoms with E-state index < -0.39 is 67.3 Å². The van der Waals surface area contributed by atoms with Crippen molar-refractivity contribution in [2.24, 2.45) is 45.3 Å². The molecule has 23 heteroatoms. The molecule has 12 fully saturated rings. The topological polar surface area (TPSA) is 206 Å². The van der Waals surface area contributed by atoms with E-state index in [1.54, 1.807) is 40.1 Å². The third-order valence-electron chi connectivity index (χ3n) is 24.2. The van der Waals surface area contributed by atoms with E-state index in [1.165, 1.54) is 30.7 Å². The molecule has 2 aromatic rings. The first kappa shape index (κ1) is 73.8. The number of benzene rings is 2. The molecule has 528 valence electrons. The number of aldehydes is 1. The van der Waals surface area contributed by atoms with E-state index in [4.69, 9.17) is 34.7 Å². The fourth-order valence-corrected chi connectivity index (χ4v) is 17.7. The van der Waals surface area contributed by atoms with Crippen LogP contribution < -0.4 is 10.6 Å². The molecule has 14 rings (SSSR count). The average molecular weight is 1340 g/mol. The third kappa shape index (κ3) is 16.3. The van der Waals surface area contributed by atoms with Crippen molar-refractivity contribution in [3.63, 3.8) is 0 Å². The highest BCUT2D eigenvalue weighted by molar-refractivity contribution is 6.48. The highest BCUT2D eigenvalue weighted by Gasteiger charge is 2.70. The molecule has 0 aromatic heterocycles. The summed E-state index contributed by atoms with van der Waals surface area (Å²) < 4.78 is 65.2. The van der Waals surface area contributed by atoms with Crippen LogP contribution in [0.2, 0.25) is 0 Å². The molecular formula is C74H106B2F2N8O11. The highest BCUT2D eigenvalue weighted by Crippen LogP contribution is 2.67. The van der Waals surface area contributed by atoms with E-state index >= 15 is 0 Å². The molecule has 6 aliphatic heterocycles. The molecule has 6 heterocycles. The number of hydrogen-bond acceptors (Lipinski definition) is 14. The van der Waals surface area contributed by atoms with E-state index in [9.17, 15) is 38.0 Å². The third-order valence-corrected chi connectivity index (χ3v) is 24.2. The van der Waals surface area contributed by atoms with E-state index in [0.29, 0.717) is 80.7 Å². The maximum atomic E-state index is 13.7. The Hall–Kier alpha value is -5.94. The average Bonchev–Trinajstić information content (AvgIpc) is 1.67. The molecule has 6 aliphatic carbocycles. The number of rotatable bonds is 16. The molecule has 0 radical (unpaired) electrons. The molecule has 97 heavy (non-hydrogen) atoms. The van der Waals surface area contributed by atoms with Gasteiger partial charge in [-0.05, 0) is 218 Å². The molecule has 4 amide bonds. The Morgan fingerprint density at radius 2 is 1.09 bits per heavy atom. The number of nitrogens with one attached hydrogen (secondary N) is 2. The lowest BCUT2D eigenvalue weighted by molar-refractivity contribution is -0.199. The van der Waals surface area contributed by atoms with Crippen LogP contribution in [-0.4, -0.2) is 182 Å². The number of amides is 4. The van der Waals surface area contributed by atoms with Crippen LogP contribution >= 0.6 is 0 Å². The lowest BCUT2D eigenvalue weighted by atomic mass is 9.43. The summed E-state index contributed by atoms with van der Waals surface area (Å²) in [5, 5.41) is 16.0. The number of carbonyl (C=O) groups excluding carboxylic acids is 5. The second-order valence-electron chi connectivity index (χ2n) is 33.8. The monoisotopic (exact) mass is 1340 g/mol. The van der Waals surface area contributed by atoms with Crippen LogP contribution in [0.3, 0.4) is 0 Å². The van der Waals surface area contributed by atoms with Crippen molar-refractivity contribution in [2.75, 3.05) is 58.9 Å². The highest BCUT2D eigenvalue weighted by atomic mass is 19.1. The Kier molecular flexibility index (Phi) is 21.7. The number of ether oxygens (including phenoxy) is 2. The Labute approximate surface area is 575 Å². The molecule has 2 N–H and O–H groups in total. The van der Waals surface area contributed by atoms with Crippen LogP contribution in [0.25, 0.3) is 4.85 Å². The van der Waals surface area contributed by atoms with E-state index in [1.807, 2.05) is 27.7 Å². The summed E-state index contributed by atoms with van der Waals surface area (Å²) in [5.74, 6) is -0.408. The van der Waals surface area contributed by atoms with Crippen molar-refractivity contribution >= 4 is 44.5 Å². The second-order valence-corrected chi connectivity index (χ2v) is 33.8. The number of hydrogen-bond donors (Lipinski definition) is 2. The summed E-state index contributed by atoms with van der Waals surface area (Å²) in [7, 11) is -1.35. The van der Waals surface area contributed by atoms with Gasteiger partial charge < -0.3 is 58.2 Å². The van der Waals surface area contributed by atoms with Gasteiger partial charge in [-0.3, -0.25) is 19.4 Å². The molecule has 6 saturated heterocycles. The van der Waals surface area contributed by atoms with Crippen molar-refractivity contribution in [1.29, 1.82) is 5.26 Å². The van der Waals surface area contributed by atoms with Gasteiger partial charge in [0, 0.05) is 31.7 Å². The van der Waals surface area contributed by atoms with Crippen LogP contribution in [-0.2, 0) is 55.3 Å². The van der Waals surface area contributed by atoms with E-state index in [0.717, 1.165) is 75.7 Å². The number of alkyl carbamates (subject to hydrolysis) is 2. The largest absolute Gasteiger partial charge is 0.482 e. The van der Waals surface area contributed by atoms with Crippen molar-refractivity contribution < 1.29 is 60.8 Å². The first-order chi connectivity index (χ1) is 45.5. The van der Waals surface area contributed by atoms with E-state index in [-0.39, 0.29) is 82.6 Å². The number of piperidine rings is 2. The Morgan fingerprint density at radius 1 is 0.670 bits per heavy atom. The minimum absolute atomic E-state index is 0.0387. The van der Waals surface area contributed by atoms with E-state index in [2.05, 4.69) is 101 Å². The molecule has 12 aliphatic rings. The summed E-state index contributed by atoms with van der Waals surface area (Å²) in [4.78, 5) is 74.0. The van der Waals surface area contributed by atoms with Crippen LogP contribution in [0.15, 0.2) is 60.2 Å². The normalized spacial score (nSPS) is 31.1. The van der Waals surface area contributed by atoms with Gasteiger partial charge in [-0.2, -0.15) is 5.26 Å². The molecule has 0 spiro atoms. The second kappa shape index (κ2) is 28.6. The molecule has 4 bridgehead atoms. The van der Waals surface area contributed by atoms with Gasteiger partial charge in [0.1, 0.15) is 41.8 Å². The number of nitriles is 1.